The highest BCUT2D eigenvalue weighted by molar-refractivity contribution is 7.15. The molecule has 110 valence electrons. The summed E-state index contributed by atoms with van der Waals surface area (Å²) < 4.78 is 5.16. The quantitative estimate of drug-likeness (QED) is 0.873. The molecule has 4 nitrogen and oxygen atoms in total. The highest BCUT2D eigenvalue weighted by atomic mass is 32.1. The summed E-state index contributed by atoms with van der Waals surface area (Å²) in [5, 5.41) is 10.5. The van der Waals surface area contributed by atoms with Gasteiger partial charge in [0.25, 0.3) is 0 Å². The van der Waals surface area contributed by atoms with E-state index in [9.17, 15) is 5.11 Å². The molecule has 0 amide bonds. The average molecular weight is 286 g/mol. The maximum absolute atomic E-state index is 9.52. The fourth-order valence-corrected chi connectivity index (χ4v) is 3.21. The van der Waals surface area contributed by atoms with Crippen LogP contribution in [0.5, 0.6) is 0 Å². The first-order valence-corrected chi connectivity index (χ1v) is 7.49. The SMILES string of the molecule is COCCN(c1nc(C(C)(C)C)c(CO)s1)C(C)C. The monoisotopic (exact) mass is 286 g/mol. The minimum Gasteiger partial charge on any atom is -0.391 e. The summed E-state index contributed by atoms with van der Waals surface area (Å²) in [5.41, 5.74) is 0.953. The Morgan fingerprint density at radius 2 is 2.00 bits per heavy atom. The summed E-state index contributed by atoms with van der Waals surface area (Å²) in [6, 6.07) is 0.362. The van der Waals surface area contributed by atoms with Crippen LogP contribution in [-0.4, -0.2) is 36.4 Å². The van der Waals surface area contributed by atoms with Crippen LogP contribution in [0.25, 0.3) is 0 Å². The summed E-state index contributed by atoms with van der Waals surface area (Å²) >= 11 is 1.58. The van der Waals surface area contributed by atoms with E-state index >= 15 is 0 Å². The molecule has 1 aromatic rings. The van der Waals surface area contributed by atoms with Crippen LogP contribution in [0.2, 0.25) is 0 Å². The number of ether oxygens (including phenoxy) is 1. The summed E-state index contributed by atoms with van der Waals surface area (Å²) in [6.07, 6.45) is 0. The zero-order valence-corrected chi connectivity index (χ0v) is 13.7. The number of thiazole rings is 1. The number of aromatic nitrogens is 1. The van der Waals surface area contributed by atoms with Gasteiger partial charge in [0.05, 0.1) is 23.8 Å². The molecule has 1 aromatic heterocycles. The molecule has 19 heavy (non-hydrogen) atoms. The van der Waals surface area contributed by atoms with E-state index < -0.39 is 0 Å². The first-order valence-electron chi connectivity index (χ1n) is 6.67. The van der Waals surface area contributed by atoms with Crippen molar-refractivity contribution in [3.63, 3.8) is 0 Å². The molecule has 1 rings (SSSR count). The first-order chi connectivity index (χ1) is 8.81. The van der Waals surface area contributed by atoms with E-state index in [1.165, 1.54) is 0 Å². The maximum atomic E-state index is 9.52. The van der Waals surface area contributed by atoms with Gasteiger partial charge in [0.15, 0.2) is 5.13 Å². The normalized spacial score (nSPS) is 12.2. The van der Waals surface area contributed by atoms with Gasteiger partial charge in [-0.15, -0.1) is 0 Å². The van der Waals surface area contributed by atoms with Crippen LogP contribution in [0.1, 0.15) is 45.2 Å². The number of methoxy groups -OCH3 is 1. The molecule has 0 aliphatic heterocycles. The molecule has 0 aliphatic rings. The Balaban J connectivity index is 3.08. The second kappa shape index (κ2) is 6.68. The number of rotatable bonds is 6. The number of anilines is 1. The minimum absolute atomic E-state index is 0.0449. The van der Waals surface area contributed by atoms with Gasteiger partial charge >= 0.3 is 0 Å². The second-order valence-corrected chi connectivity index (χ2v) is 7.02. The topological polar surface area (TPSA) is 45.6 Å². The molecular weight excluding hydrogens is 260 g/mol. The fraction of sp³-hybridized carbons (Fsp3) is 0.786. The van der Waals surface area contributed by atoms with Crippen LogP contribution in [0.15, 0.2) is 0 Å². The molecule has 0 fully saturated rings. The van der Waals surface area contributed by atoms with Crippen LogP contribution >= 0.6 is 11.3 Å². The Morgan fingerprint density at radius 3 is 2.37 bits per heavy atom. The van der Waals surface area contributed by atoms with Crippen LogP contribution in [0.3, 0.4) is 0 Å². The van der Waals surface area contributed by atoms with Crippen molar-refractivity contribution < 1.29 is 9.84 Å². The molecule has 0 bridgehead atoms. The number of aliphatic hydroxyl groups excluding tert-OH is 1. The molecule has 0 atom stereocenters. The van der Waals surface area contributed by atoms with E-state index in [0.717, 1.165) is 22.2 Å². The number of hydrogen-bond acceptors (Lipinski definition) is 5. The third-order valence-electron chi connectivity index (χ3n) is 2.95. The largest absolute Gasteiger partial charge is 0.391 e. The van der Waals surface area contributed by atoms with E-state index in [1.54, 1.807) is 18.4 Å². The Hall–Kier alpha value is -0.650. The fourth-order valence-electron chi connectivity index (χ4n) is 1.92. The molecular formula is C14H26N2O2S. The van der Waals surface area contributed by atoms with E-state index in [1.807, 2.05) is 0 Å². The molecule has 0 aromatic carbocycles. The van der Waals surface area contributed by atoms with Crippen LogP contribution in [0.4, 0.5) is 5.13 Å². The molecule has 0 radical (unpaired) electrons. The lowest BCUT2D eigenvalue weighted by Crippen LogP contribution is -2.33. The molecule has 1 heterocycles. The van der Waals surface area contributed by atoms with Gasteiger partial charge in [-0.2, -0.15) is 0 Å². The zero-order valence-electron chi connectivity index (χ0n) is 12.9. The van der Waals surface area contributed by atoms with Crippen molar-refractivity contribution in [1.29, 1.82) is 0 Å². The first kappa shape index (κ1) is 16.4. The molecule has 5 heteroatoms. The predicted molar refractivity (Wildman–Crippen MR) is 81.1 cm³/mol. The molecule has 0 aliphatic carbocycles. The van der Waals surface area contributed by atoms with E-state index in [0.29, 0.717) is 12.6 Å². The number of hydrogen-bond donors (Lipinski definition) is 1. The zero-order chi connectivity index (χ0) is 14.6. The standard InChI is InChI=1S/C14H26N2O2S/c1-10(2)16(7-8-18-6)13-15-12(14(3,4)5)11(9-17)19-13/h10,17H,7-9H2,1-6H3. The van der Waals surface area contributed by atoms with E-state index in [2.05, 4.69) is 39.5 Å². The van der Waals surface area contributed by atoms with Gasteiger partial charge < -0.3 is 14.7 Å². The van der Waals surface area contributed by atoms with Gasteiger partial charge in [0.2, 0.25) is 0 Å². The number of aliphatic hydroxyl groups is 1. The molecule has 0 spiro atoms. The van der Waals surface area contributed by atoms with Crippen molar-refractivity contribution in [2.24, 2.45) is 0 Å². The third kappa shape index (κ3) is 4.16. The van der Waals surface area contributed by atoms with Gasteiger partial charge in [-0.05, 0) is 13.8 Å². The van der Waals surface area contributed by atoms with Crippen LogP contribution < -0.4 is 4.90 Å². The molecule has 0 saturated carbocycles. The van der Waals surface area contributed by atoms with Crippen LogP contribution in [-0.2, 0) is 16.8 Å². The van der Waals surface area contributed by atoms with E-state index in [-0.39, 0.29) is 12.0 Å². The van der Waals surface area contributed by atoms with Gasteiger partial charge in [-0.3, -0.25) is 0 Å². The van der Waals surface area contributed by atoms with Crippen molar-refractivity contribution in [1.82, 2.24) is 4.98 Å². The highest BCUT2D eigenvalue weighted by Crippen LogP contribution is 2.34. The third-order valence-corrected chi connectivity index (χ3v) is 4.02. The van der Waals surface area contributed by atoms with Crippen molar-refractivity contribution in [2.45, 2.75) is 52.7 Å². The summed E-state index contributed by atoms with van der Waals surface area (Å²) in [4.78, 5) is 7.94. The van der Waals surface area contributed by atoms with Gasteiger partial charge in [0.1, 0.15) is 0 Å². The van der Waals surface area contributed by atoms with Crippen molar-refractivity contribution in [2.75, 3.05) is 25.2 Å². The summed E-state index contributed by atoms with van der Waals surface area (Å²) in [6.45, 7) is 12.2. The van der Waals surface area contributed by atoms with Crippen molar-refractivity contribution in [3.05, 3.63) is 10.6 Å². The van der Waals surface area contributed by atoms with Crippen molar-refractivity contribution >= 4 is 16.5 Å². The lowest BCUT2D eigenvalue weighted by Gasteiger charge is -2.26. The van der Waals surface area contributed by atoms with Gasteiger partial charge in [-0.1, -0.05) is 32.1 Å². The van der Waals surface area contributed by atoms with Crippen LogP contribution in [0, 0.1) is 0 Å². The predicted octanol–water partition coefficient (Wildman–Crippen LogP) is 2.79. The minimum atomic E-state index is -0.0449. The van der Waals surface area contributed by atoms with Gasteiger partial charge in [0, 0.05) is 25.1 Å². The molecule has 0 unspecified atom stereocenters. The Labute approximate surface area is 120 Å². The Bertz CT molecular complexity index is 397. The van der Waals surface area contributed by atoms with Gasteiger partial charge in [-0.25, -0.2) is 4.98 Å². The summed E-state index contributed by atoms with van der Waals surface area (Å²) in [7, 11) is 1.71. The maximum Gasteiger partial charge on any atom is 0.186 e. The Kier molecular flexibility index (Phi) is 5.77. The molecule has 0 saturated heterocycles. The number of nitrogens with zero attached hydrogens (tertiary/aromatic N) is 2. The summed E-state index contributed by atoms with van der Waals surface area (Å²) in [5.74, 6) is 0. The van der Waals surface area contributed by atoms with E-state index in [4.69, 9.17) is 9.72 Å². The second-order valence-electron chi connectivity index (χ2n) is 5.96. The van der Waals surface area contributed by atoms with Crippen molar-refractivity contribution in [3.8, 4) is 0 Å². The Morgan fingerprint density at radius 1 is 1.37 bits per heavy atom. The highest BCUT2D eigenvalue weighted by Gasteiger charge is 2.25. The lowest BCUT2D eigenvalue weighted by molar-refractivity contribution is 0.204. The average Bonchev–Trinajstić information content (AvgIpc) is 2.73. The lowest BCUT2D eigenvalue weighted by atomic mass is 9.91. The molecule has 1 N–H and O–H groups in total. The smallest absolute Gasteiger partial charge is 0.186 e.